The van der Waals surface area contributed by atoms with Gasteiger partial charge in [-0.05, 0) is 49.9 Å². The van der Waals surface area contributed by atoms with Gasteiger partial charge in [0.2, 0.25) is 5.91 Å². The van der Waals surface area contributed by atoms with Crippen molar-refractivity contribution in [2.24, 2.45) is 5.92 Å². The Morgan fingerprint density at radius 3 is 2.47 bits per heavy atom. The van der Waals surface area contributed by atoms with E-state index in [0.29, 0.717) is 25.9 Å². The van der Waals surface area contributed by atoms with E-state index in [1.165, 1.54) is 0 Å². The number of carbonyl (C=O) groups is 2. The molecule has 2 aromatic carbocycles. The summed E-state index contributed by atoms with van der Waals surface area (Å²) < 4.78 is 5.71. The van der Waals surface area contributed by atoms with Gasteiger partial charge in [0.05, 0.1) is 11.7 Å². The number of thioether (sulfide) groups is 1. The monoisotopic (exact) mass is 424 g/mol. The van der Waals surface area contributed by atoms with E-state index in [2.05, 4.69) is 5.32 Å². The molecule has 158 valence electrons. The molecular weight excluding hydrogens is 396 g/mol. The summed E-state index contributed by atoms with van der Waals surface area (Å²) in [5.74, 6) is 0.929. The Morgan fingerprint density at radius 2 is 1.73 bits per heavy atom. The van der Waals surface area contributed by atoms with Gasteiger partial charge in [-0.2, -0.15) is 0 Å². The second-order valence-electron chi connectivity index (χ2n) is 7.86. The van der Waals surface area contributed by atoms with E-state index in [4.69, 9.17) is 4.74 Å². The predicted octanol–water partition coefficient (Wildman–Crippen LogP) is 4.45. The van der Waals surface area contributed by atoms with Gasteiger partial charge >= 0.3 is 0 Å². The van der Waals surface area contributed by atoms with Crippen LogP contribution in [0.5, 0.6) is 0 Å². The van der Waals surface area contributed by atoms with Crippen molar-refractivity contribution in [3.8, 4) is 0 Å². The Bertz CT molecular complexity index is 860. The predicted molar refractivity (Wildman–Crippen MR) is 120 cm³/mol. The van der Waals surface area contributed by atoms with Crippen LogP contribution in [0.15, 0.2) is 59.5 Å². The number of nitrogens with zero attached hydrogens (tertiary/aromatic N) is 1. The van der Waals surface area contributed by atoms with Crippen LogP contribution in [0.1, 0.15) is 36.0 Å². The number of rotatable bonds is 6. The third-order valence-corrected chi connectivity index (χ3v) is 6.97. The van der Waals surface area contributed by atoms with Gasteiger partial charge in [-0.15, -0.1) is 11.8 Å². The fourth-order valence-electron chi connectivity index (χ4n) is 4.01. The summed E-state index contributed by atoms with van der Waals surface area (Å²) >= 11 is 1.71. The van der Waals surface area contributed by atoms with Crippen molar-refractivity contribution >= 4 is 29.3 Å². The van der Waals surface area contributed by atoms with E-state index in [0.717, 1.165) is 41.3 Å². The normalized spacial score (nSPS) is 19.6. The number of benzene rings is 2. The standard InChI is InChI=1S/C24H28N2O3S/c27-23(25-19-7-2-1-3-8-19)18-12-14-26(15-13-18)24(28)21-10-4-5-11-22(21)30-17-20-9-6-16-29-20/h1-5,7-8,10-11,18,20H,6,9,12-17H2,(H,25,27)/t20-/m0/s1. The smallest absolute Gasteiger partial charge is 0.254 e. The number of carbonyl (C=O) groups excluding carboxylic acids is 2. The minimum atomic E-state index is -0.0570. The molecule has 0 unspecified atom stereocenters. The molecule has 0 bridgehead atoms. The zero-order valence-corrected chi connectivity index (χ0v) is 17.9. The molecule has 1 N–H and O–H groups in total. The third kappa shape index (κ3) is 5.24. The van der Waals surface area contributed by atoms with Crippen molar-refractivity contribution in [2.75, 3.05) is 30.8 Å². The van der Waals surface area contributed by atoms with Crippen molar-refractivity contribution in [1.29, 1.82) is 0 Å². The largest absolute Gasteiger partial charge is 0.377 e. The van der Waals surface area contributed by atoms with Gasteiger partial charge < -0.3 is 15.0 Å². The summed E-state index contributed by atoms with van der Waals surface area (Å²) in [5.41, 5.74) is 1.57. The third-order valence-electron chi connectivity index (χ3n) is 5.76. The Morgan fingerprint density at radius 1 is 1.00 bits per heavy atom. The van der Waals surface area contributed by atoms with Crippen LogP contribution >= 0.6 is 11.8 Å². The van der Waals surface area contributed by atoms with Crippen molar-refractivity contribution in [3.05, 3.63) is 60.2 Å². The molecule has 0 aliphatic carbocycles. The molecule has 2 fully saturated rings. The van der Waals surface area contributed by atoms with E-state index in [1.54, 1.807) is 11.8 Å². The first-order valence-corrected chi connectivity index (χ1v) is 11.7. The fourth-order valence-corrected chi connectivity index (χ4v) is 5.12. The molecule has 2 aliphatic rings. The molecule has 2 heterocycles. The van der Waals surface area contributed by atoms with Gasteiger partial charge in [-0.25, -0.2) is 0 Å². The summed E-state index contributed by atoms with van der Waals surface area (Å²) in [6.45, 7) is 2.06. The number of anilines is 1. The summed E-state index contributed by atoms with van der Waals surface area (Å²) in [7, 11) is 0. The van der Waals surface area contributed by atoms with E-state index >= 15 is 0 Å². The highest BCUT2D eigenvalue weighted by Crippen LogP contribution is 2.29. The van der Waals surface area contributed by atoms with Crippen LogP contribution in [0, 0.1) is 5.92 Å². The number of para-hydroxylation sites is 1. The van der Waals surface area contributed by atoms with Crippen LogP contribution in [0.4, 0.5) is 5.69 Å². The number of likely N-dealkylation sites (tertiary alicyclic amines) is 1. The molecular formula is C24H28N2O3S. The number of amides is 2. The van der Waals surface area contributed by atoms with Crippen LogP contribution in [0.3, 0.4) is 0 Å². The molecule has 0 saturated carbocycles. The van der Waals surface area contributed by atoms with Gasteiger partial charge in [0.1, 0.15) is 0 Å². The highest BCUT2D eigenvalue weighted by molar-refractivity contribution is 7.99. The average Bonchev–Trinajstić information content (AvgIpc) is 3.32. The summed E-state index contributed by atoms with van der Waals surface area (Å²) in [6, 6.07) is 17.4. The number of ether oxygens (including phenoxy) is 1. The summed E-state index contributed by atoms with van der Waals surface area (Å²) in [6.07, 6.45) is 3.89. The minimum Gasteiger partial charge on any atom is -0.377 e. The Kier molecular flexibility index (Phi) is 7.07. The lowest BCUT2D eigenvalue weighted by atomic mass is 9.95. The van der Waals surface area contributed by atoms with E-state index in [1.807, 2.05) is 59.5 Å². The van der Waals surface area contributed by atoms with E-state index in [-0.39, 0.29) is 23.8 Å². The molecule has 2 amide bonds. The highest BCUT2D eigenvalue weighted by Gasteiger charge is 2.29. The first kappa shape index (κ1) is 20.9. The lowest BCUT2D eigenvalue weighted by Crippen LogP contribution is -2.41. The van der Waals surface area contributed by atoms with Gasteiger partial charge in [0.25, 0.3) is 5.91 Å². The van der Waals surface area contributed by atoms with Gasteiger partial charge in [-0.3, -0.25) is 9.59 Å². The van der Waals surface area contributed by atoms with Crippen LogP contribution in [0.25, 0.3) is 0 Å². The Balaban J connectivity index is 1.32. The second kappa shape index (κ2) is 10.1. The maximum absolute atomic E-state index is 13.2. The van der Waals surface area contributed by atoms with Crippen LogP contribution in [-0.4, -0.2) is 48.3 Å². The van der Waals surface area contributed by atoms with Crippen LogP contribution < -0.4 is 5.32 Å². The van der Waals surface area contributed by atoms with Crippen molar-refractivity contribution in [3.63, 3.8) is 0 Å². The molecule has 2 saturated heterocycles. The molecule has 0 radical (unpaired) electrons. The van der Waals surface area contributed by atoms with Gasteiger partial charge in [0, 0.05) is 42.0 Å². The zero-order valence-electron chi connectivity index (χ0n) is 17.1. The zero-order chi connectivity index (χ0) is 20.8. The first-order valence-electron chi connectivity index (χ1n) is 10.7. The van der Waals surface area contributed by atoms with Gasteiger partial charge in [0.15, 0.2) is 0 Å². The van der Waals surface area contributed by atoms with Crippen molar-refractivity contribution < 1.29 is 14.3 Å². The Labute approximate surface area is 182 Å². The van der Waals surface area contributed by atoms with Crippen molar-refractivity contribution in [1.82, 2.24) is 4.90 Å². The molecule has 2 aliphatic heterocycles. The molecule has 6 heteroatoms. The molecule has 5 nitrogen and oxygen atoms in total. The van der Waals surface area contributed by atoms with Gasteiger partial charge in [-0.1, -0.05) is 30.3 Å². The maximum Gasteiger partial charge on any atom is 0.254 e. The number of piperidine rings is 1. The van der Waals surface area contributed by atoms with Crippen molar-refractivity contribution in [2.45, 2.75) is 36.7 Å². The number of hydrogen-bond acceptors (Lipinski definition) is 4. The SMILES string of the molecule is O=C(Nc1ccccc1)C1CCN(C(=O)c2ccccc2SC[C@@H]2CCCO2)CC1. The fraction of sp³-hybridized carbons (Fsp3) is 0.417. The molecule has 4 rings (SSSR count). The first-order chi connectivity index (χ1) is 14.7. The lowest BCUT2D eigenvalue weighted by molar-refractivity contribution is -0.121. The van der Waals surface area contributed by atoms with E-state index in [9.17, 15) is 9.59 Å². The topological polar surface area (TPSA) is 58.6 Å². The van der Waals surface area contributed by atoms with E-state index < -0.39 is 0 Å². The average molecular weight is 425 g/mol. The lowest BCUT2D eigenvalue weighted by Gasteiger charge is -2.31. The Hall–Kier alpha value is -2.31. The summed E-state index contributed by atoms with van der Waals surface area (Å²) in [5, 5.41) is 2.98. The maximum atomic E-state index is 13.2. The molecule has 0 aromatic heterocycles. The molecule has 0 spiro atoms. The number of hydrogen-bond donors (Lipinski definition) is 1. The minimum absolute atomic E-state index is 0.0424. The van der Waals surface area contributed by atoms with Crippen LogP contribution in [0.2, 0.25) is 0 Å². The highest BCUT2D eigenvalue weighted by atomic mass is 32.2. The molecule has 30 heavy (non-hydrogen) atoms. The molecule has 1 atom stereocenters. The number of nitrogens with one attached hydrogen (secondary N) is 1. The quantitative estimate of drug-likeness (QED) is 0.696. The summed E-state index contributed by atoms with van der Waals surface area (Å²) in [4.78, 5) is 28.6. The molecule has 2 aromatic rings. The second-order valence-corrected chi connectivity index (χ2v) is 8.93. The van der Waals surface area contributed by atoms with Crippen LogP contribution in [-0.2, 0) is 9.53 Å².